The number of para-hydroxylation sites is 2. The summed E-state index contributed by atoms with van der Waals surface area (Å²) in [7, 11) is 0. The molecule has 0 spiro atoms. The maximum absolute atomic E-state index is 6.65. The summed E-state index contributed by atoms with van der Waals surface area (Å²) in [6.07, 6.45) is 2.04. The fourth-order valence-corrected chi connectivity index (χ4v) is 24.2. The van der Waals surface area contributed by atoms with Gasteiger partial charge in [0.05, 0.1) is 5.56 Å². The zero-order valence-electron chi connectivity index (χ0n) is 82.8. The highest BCUT2D eigenvalue weighted by atomic mass is 16.3. The van der Waals surface area contributed by atoms with E-state index < -0.39 is 0 Å². The molecule has 0 saturated carbocycles. The number of hydrogen-bond acceptors (Lipinski definition) is 13. The first-order valence-electron chi connectivity index (χ1n) is 51.3. The molecular formula is C137H93N9O4. The Kier molecular flexibility index (Phi) is 20.9. The van der Waals surface area contributed by atoms with Crippen LogP contribution in [0.5, 0.6) is 0 Å². The maximum Gasteiger partial charge on any atom is 0.167 e. The molecule has 0 amide bonds. The lowest BCUT2D eigenvalue weighted by Crippen LogP contribution is -2.23. The highest BCUT2D eigenvalue weighted by Crippen LogP contribution is 2.60. The van der Waals surface area contributed by atoms with Gasteiger partial charge in [-0.15, -0.1) is 0 Å². The van der Waals surface area contributed by atoms with Crippen LogP contribution in [-0.4, -0.2) is 44.9 Å². The van der Waals surface area contributed by atoms with Crippen LogP contribution in [-0.2, 0) is 16.2 Å². The van der Waals surface area contributed by atoms with Crippen molar-refractivity contribution < 1.29 is 17.7 Å². The van der Waals surface area contributed by atoms with Gasteiger partial charge >= 0.3 is 0 Å². The number of fused-ring (bicyclic) bond motifs is 25. The van der Waals surface area contributed by atoms with E-state index in [9.17, 15) is 0 Å². The molecular weight excluding hydrogens is 1840 g/mol. The molecule has 0 fully saturated rings. The van der Waals surface area contributed by atoms with Crippen LogP contribution in [0.4, 0.5) is 0 Å². The van der Waals surface area contributed by atoms with Crippen LogP contribution in [0.25, 0.3) is 257 Å². The van der Waals surface area contributed by atoms with Crippen molar-refractivity contribution in [3.8, 4) is 158 Å². The Balaban J connectivity index is 0.000000110. The molecule has 0 radical (unpaired) electrons. The highest BCUT2D eigenvalue weighted by molar-refractivity contribution is 6.17. The van der Waals surface area contributed by atoms with Crippen molar-refractivity contribution in [1.82, 2.24) is 44.9 Å². The van der Waals surface area contributed by atoms with Gasteiger partial charge in [0.25, 0.3) is 0 Å². The molecule has 13 nitrogen and oxygen atoms in total. The monoisotopic (exact) mass is 1930 g/mol. The van der Waals surface area contributed by atoms with Crippen LogP contribution in [0, 0.1) is 0 Å². The molecule has 30 rings (SSSR count). The predicted octanol–water partition coefficient (Wildman–Crippen LogP) is 35.4. The number of hydrogen-bond donors (Lipinski definition) is 0. The van der Waals surface area contributed by atoms with Crippen LogP contribution >= 0.6 is 0 Å². The van der Waals surface area contributed by atoms with Gasteiger partial charge in [-0.1, -0.05) is 404 Å². The average Bonchev–Trinajstić information content (AvgIpc) is 1.97. The largest absolute Gasteiger partial charge is 0.456 e. The van der Waals surface area contributed by atoms with Crippen molar-refractivity contribution >= 4 is 98.5 Å². The number of furan rings is 4. The van der Waals surface area contributed by atoms with E-state index >= 15 is 0 Å². The van der Waals surface area contributed by atoms with Gasteiger partial charge in [-0.3, -0.25) is 0 Å². The third kappa shape index (κ3) is 14.4. The first-order valence-corrected chi connectivity index (χ1v) is 51.3. The van der Waals surface area contributed by atoms with E-state index in [2.05, 4.69) is 326 Å². The molecule has 1 unspecified atom stereocenters. The fourth-order valence-electron chi connectivity index (χ4n) is 24.2. The number of rotatable bonds is 14. The van der Waals surface area contributed by atoms with E-state index in [1.54, 1.807) is 0 Å². The lowest BCUT2D eigenvalue weighted by molar-refractivity contribution is 0.494. The van der Waals surface area contributed by atoms with Gasteiger partial charge in [0.2, 0.25) is 0 Å². The van der Waals surface area contributed by atoms with Crippen LogP contribution in [0.15, 0.2) is 467 Å². The van der Waals surface area contributed by atoms with E-state index in [1.165, 1.54) is 77.7 Å². The van der Waals surface area contributed by atoms with Crippen LogP contribution < -0.4 is 0 Å². The molecule has 1 atom stereocenters. The average molecular weight is 1930 g/mol. The Morgan fingerprint density at radius 3 is 1.07 bits per heavy atom. The fraction of sp³-hybridized carbons (Fsp3) is 0.0730. The van der Waals surface area contributed by atoms with Gasteiger partial charge in [-0.2, -0.15) is 0 Å². The summed E-state index contributed by atoms with van der Waals surface area (Å²) in [4.78, 5) is 45.3. The number of aromatic nitrogens is 9. The summed E-state index contributed by atoms with van der Waals surface area (Å²) < 4.78 is 26.1. The standard InChI is InChI=1S/C51H33N3O.C50H35N3O2.C36H25N3O/c1-51(37-20-6-3-7-21-37)43-25-11-10-23-39(43)40-27-29-45-46(47(40)51)42-31-35(26-28-44(42)55-45)34-18-12-19-36(30-34)49-52-48(33-15-4-2-5-16-33)53-50(54-49)41-24-13-17-32-14-8-9-22-38(32)41;1-3-50(4-2)39-21-10-8-18-34(39)35-25-27-43-45(46(35)50)38-29-32(24-26-41(38)55-43)31-16-12-17-33(28-31)48-51-47(30-14-6-5-7-15-30)52-49(53-48)37-20-13-23-42-44(37)36-19-9-11-22-40(36)54-42;1-36(2)28-19-10-9-16-24(28)25-20-21-29-30(31(25)36)26-17-11-18-27(32(26)40-29)35-38-33(22-12-5-3-6-13-22)37-34(39-35)23-14-7-4-8-15-23/h2-31H,1H3;5-29H,3-4H2,1-2H3;3-21H,1-2H3. The molecule has 0 N–H and O–H groups in total. The SMILES string of the molecule is CC1(C)c2ccccc2-c2ccc3oc4c(-c5nc(-c6ccccc6)nc(-c6ccccc6)n5)cccc4c3c21.CC1(c2ccccc2)c2ccccc2-c2ccc3oc4ccc(-c5cccc(-c6nc(-c7ccccc7)nc(-c7cccc8ccccc78)n6)c5)cc4c3c21.CCC1(CC)c2ccccc2-c2ccc3oc4ccc(-c5cccc(-c6nc(-c7ccccc7)nc(-c7cccc8oc9ccccc9c78)n6)c5)cc4c3c21. The summed E-state index contributed by atoms with van der Waals surface area (Å²) in [6.45, 7) is 11.6. The van der Waals surface area contributed by atoms with Crippen LogP contribution in [0.2, 0.25) is 0 Å². The molecule has 0 bridgehead atoms. The molecule has 13 heteroatoms. The second kappa shape index (κ2) is 35.4. The maximum atomic E-state index is 6.65. The molecule has 27 aromatic rings. The van der Waals surface area contributed by atoms with Gasteiger partial charge in [-0.05, 0) is 198 Å². The van der Waals surface area contributed by atoms with Crippen molar-refractivity contribution in [1.29, 1.82) is 0 Å². The molecule has 0 saturated heterocycles. The van der Waals surface area contributed by atoms with Crippen molar-refractivity contribution in [3.63, 3.8) is 0 Å². The Morgan fingerprint density at radius 2 is 0.520 bits per heavy atom. The van der Waals surface area contributed by atoms with Crippen molar-refractivity contribution in [2.45, 2.75) is 63.7 Å². The Labute approximate surface area is 864 Å². The van der Waals surface area contributed by atoms with Crippen molar-refractivity contribution in [2.24, 2.45) is 0 Å². The Morgan fingerprint density at radius 1 is 0.193 bits per heavy atom. The molecule has 150 heavy (non-hydrogen) atoms. The normalized spacial score (nSPS) is 13.8. The highest BCUT2D eigenvalue weighted by Gasteiger charge is 2.46. The number of nitrogens with zero attached hydrogens (tertiary/aromatic N) is 9. The zero-order valence-corrected chi connectivity index (χ0v) is 82.8. The Bertz CT molecular complexity index is 10100. The van der Waals surface area contributed by atoms with Gasteiger partial charge in [0.1, 0.15) is 44.7 Å². The first kappa shape index (κ1) is 88.6. The summed E-state index contributed by atoms with van der Waals surface area (Å²) >= 11 is 0. The third-order valence-electron chi connectivity index (χ3n) is 31.3. The van der Waals surface area contributed by atoms with Gasteiger partial charge in [0.15, 0.2) is 52.4 Å². The quantitative estimate of drug-likeness (QED) is 0.101. The van der Waals surface area contributed by atoms with E-state index in [1.807, 2.05) is 158 Å². The van der Waals surface area contributed by atoms with Crippen LogP contribution in [0.1, 0.15) is 86.4 Å². The summed E-state index contributed by atoms with van der Waals surface area (Å²) in [5.41, 5.74) is 36.1. The molecule has 710 valence electrons. The lowest BCUT2D eigenvalue weighted by Gasteiger charge is -2.30. The minimum Gasteiger partial charge on any atom is -0.456 e. The smallest absolute Gasteiger partial charge is 0.167 e. The lowest BCUT2D eigenvalue weighted by atomic mass is 9.72. The van der Waals surface area contributed by atoms with E-state index in [-0.39, 0.29) is 16.2 Å². The summed E-state index contributed by atoms with van der Waals surface area (Å²) in [5, 5.41) is 11.2. The summed E-state index contributed by atoms with van der Waals surface area (Å²) in [5.74, 6) is 5.60. The van der Waals surface area contributed by atoms with Crippen molar-refractivity contribution in [3.05, 3.63) is 488 Å². The second-order valence-electron chi connectivity index (χ2n) is 39.9. The van der Waals surface area contributed by atoms with Crippen LogP contribution in [0.3, 0.4) is 0 Å². The van der Waals surface area contributed by atoms with Gasteiger partial charge in [-0.25, -0.2) is 44.9 Å². The van der Waals surface area contributed by atoms with Gasteiger partial charge in [0, 0.05) is 104 Å². The third-order valence-corrected chi connectivity index (χ3v) is 31.3. The molecule has 7 heterocycles. The topological polar surface area (TPSA) is 169 Å². The number of benzene rings is 20. The molecule has 20 aromatic carbocycles. The minimum absolute atomic E-state index is 0.0713. The van der Waals surface area contributed by atoms with Gasteiger partial charge < -0.3 is 17.7 Å². The van der Waals surface area contributed by atoms with E-state index in [4.69, 9.17) is 62.5 Å². The minimum atomic E-state index is -0.351. The predicted molar refractivity (Wildman–Crippen MR) is 608 cm³/mol. The molecule has 0 aliphatic heterocycles. The molecule has 3 aliphatic rings. The zero-order chi connectivity index (χ0) is 100. The molecule has 3 aliphatic carbocycles. The van der Waals surface area contributed by atoms with E-state index in [0.717, 1.165) is 178 Å². The Hall–Kier alpha value is -19.1. The summed E-state index contributed by atoms with van der Waals surface area (Å²) in [6, 6.07) is 156. The second-order valence-corrected chi connectivity index (χ2v) is 39.9. The van der Waals surface area contributed by atoms with Crippen molar-refractivity contribution in [2.75, 3.05) is 0 Å². The van der Waals surface area contributed by atoms with E-state index in [0.29, 0.717) is 52.4 Å². The first-order chi connectivity index (χ1) is 73.9. The molecule has 7 aromatic heterocycles.